The Hall–Kier alpha value is -2.05. The van der Waals surface area contributed by atoms with Crippen LogP contribution in [-0.4, -0.2) is 35.2 Å². The van der Waals surface area contributed by atoms with Gasteiger partial charge in [-0.25, -0.2) is 4.79 Å². The number of thiophene rings is 1. The molecule has 1 fully saturated rings. The van der Waals surface area contributed by atoms with Gasteiger partial charge in [0.1, 0.15) is 5.75 Å². The average molecular weight is 402 g/mol. The van der Waals surface area contributed by atoms with Gasteiger partial charge in [0, 0.05) is 22.0 Å². The lowest BCUT2D eigenvalue weighted by molar-refractivity contribution is 0.0840. The number of nitrogens with zero attached hydrogens (tertiary/aromatic N) is 1. The highest BCUT2D eigenvalue weighted by molar-refractivity contribution is 7.09. The fraction of sp³-hybridized carbons (Fsp3) is 0.500. The van der Waals surface area contributed by atoms with Gasteiger partial charge in [-0.2, -0.15) is 0 Å². The molecule has 3 rings (SSSR count). The fourth-order valence-corrected chi connectivity index (χ4v) is 5.06. The Morgan fingerprint density at radius 1 is 1.18 bits per heavy atom. The summed E-state index contributed by atoms with van der Waals surface area (Å²) < 4.78 is 5.40. The molecule has 28 heavy (non-hydrogen) atoms. The molecule has 0 atom stereocenters. The number of urea groups is 1. The Kier molecular flexibility index (Phi) is 6.01. The third-order valence-corrected chi connectivity index (χ3v) is 5.99. The van der Waals surface area contributed by atoms with Crippen molar-refractivity contribution in [3.63, 3.8) is 0 Å². The summed E-state index contributed by atoms with van der Waals surface area (Å²) in [5, 5.41) is 8.84. The van der Waals surface area contributed by atoms with Crippen LogP contribution in [0.2, 0.25) is 0 Å². The fourth-order valence-electron chi connectivity index (χ4n) is 4.36. The maximum absolute atomic E-state index is 13.4. The number of ether oxygens (including phenoxy) is 1. The topological polar surface area (TPSA) is 53.6 Å². The molecule has 0 bridgehead atoms. The van der Waals surface area contributed by atoms with Crippen molar-refractivity contribution in [1.29, 1.82) is 0 Å². The molecule has 2 amide bonds. The summed E-state index contributed by atoms with van der Waals surface area (Å²) in [6.07, 6.45) is 1.81. The van der Waals surface area contributed by atoms with Crippen molar-refractivity contribution in [3.05, 3.63) is 46.7 Å². The Morgan fingerprint density at radius 3 is 2.46 bits per heavy atom. The molecule has 0 saturated carbocycles. The van der Waals surface area contributed by atoms with Crippen molar-refractivity contribution >= 4 is 23.1 Å². The van der Waals surface area contributed by atoms with Crippen LogP contribution in [0, 0.1) is 0 Å². The predicted octanol–water partition coefficient (Wildman–Crippen LogP) is 5.10. The van der Waals surface area contributed by atoms with Crippen LogP contribution < -0.4 is 15.4 Å². The van der Waals surface area contributed by atoms with E-state index in [1.54, 1.807) is 18.4 Å². The van der Waals surface area contributed by atoms with E-state index >= 15 is 0 Å². The maximum Gasteiger partial charge on any atom is 0.322 e. The van der Waals surface area contributed by atoms with Crippen molar-refractivity contribution in [2.75, 3.05) is 12.4 Å². The smallest absolute Gasteiger partial charge is 0.322 e. The minimum atomic E-state index is -0.0867. The lowest BCUT2D eigenvalue weighted by Gasteiger charge is -2.49. The second-order valence-corrected chi connectivity index (χ2v) is 9.82. The molecule has 5 nitrogen and oxygen atoms in total. The lowest BCUT2D eigenvalue weighted by Crippen LogP contribution is -2.63. The van der Waals surface area contributed by atoms with Crippen molar-refractivity contribution in [3.8, 4) is 5.75 Å². The van der Waals surface area contributed by atoms with E-state index in [1.807, 2.05) is 35.2 Å². The highest BCUT2D eigenvalue weighted by Crippen LogP contribution is 2.33. The molecular formula is C22H31N3O2S. The summed E-state index contributed by atoms with van der Waals surface area (Å²) in [4.78, 5) is 16.5. The van der Waals surface area contributed by atoms with Crippen molar-refractivity contribution in [2.45, 2.75) is 64.2 Å². The predicted molar refractivity (Wildman–Crippen MR) is 116 cm³/mol. The lowest BCUT2D eigenvalue weighted by atomic mass is 9.79. The van der Waals surface area contributed by atoms with E-state index in [0.29, 0.717) is 18.0 Å². The summed E-state index contributed by atoms with van der Waals surface area (Å²) in [5.74, 6) is 0.665. The van der Waals surface area contributed by atoms with Crippen LogP contribution in [0.25, 0.3) is 0 Å². The molecule has 1 aliphatic heterocycles. The van der Waals surface area contributed by atoms with E-state index in [4.69, 9.17) is 4.74 Å². The third-order valence-electron chi connectivity index (χ3n) is 5.13. The number of amides is 2. The van der Waals surface area contributed by atoms with Crippen LogP contribution in [0.5, 0.6) is 5.75 Å². The summed E-state index contributed by atoms with van der Waals surface area (Å²) in [7, 11) is 1.62. The Labute approximate surface area is 172 Å². The normalized spacial score (nSPS) is 18.5. The zero-order valence-corrected chi connectivity index (χ0v) is 18.2. The first kappa shape index (κ1) is 20.7. The van der Waals surface area contributed by atoms with Gasteiger partial charge in [0.15, 0.2) is 0 Å². The van der Waals surface area contributed by atoms with Crippen molar-refractivity contribution in [2.24, 2.45) is 0 Å². The minimum Gasteiger partial charge on any atom is -0.495 e. The molecule has 1 aliphatic rings. The number of benzene rings is 1. The number of piperidine rings is 1. The molecule has 6 heteroatoms. The molecule has 2 N–H and O–H groups in total. The van der Waals surface area contributed by atoms with Crippen molar-refractivity contribution < 1.29 is 9.53 Å². The number of anilines is 1. The number of para-hydroxylation sites is 2. The van der Waals surface area contributed by atoms with E-state index in [1.165, 1.54) is 4.88 Å². The van der Waals surface area contributed by atoms with E-state index in [2.05, 4.69) is 49.8 Å². The SMILES string of the molecule is COc1ccccc1NC(=O)N(Cc1cccs1)C1CC(C)(C)NC(C)(C)C1. The van der Waals surface area contributed by atoms with Gasteiger partial charge < -0.3 is 20.3 Å². The van der Waals surface area contributed by atoms with Gasteiger partial charge in [-0.15, -0.1) is 11.3 Å². The second-order valence-electron chi connectivity index (χ2n) is 8.79. The largest absolute Gasteiger partial charge is 0.495 e. The molecule has 1 saturated heterocycles. The van der Waals surface area contributed by atoms with Crippen LogP contribution in [0.1, 0.15) is 45.4 Å². The number of methoxy groups -OCH3 is 1. The molecule has 152 valence electrons. The van der Waals surface area contributed by atoms with Crippen LogP contribution in [0.3, 0.4) is 0 Å². The Balaban J connectivity index is 1.87. The minimum absolute atomic E-state index is 0.0369. The first-order chi connectivity index (χ1) is 13.2. The summed E-state index contributed by atoms with van der Waals surface area (Å²) in [6, 6.07) is 11.7. The summed E-state index contributed by atoms with van der Waals surface area (Å²) in [5.41, 5.74) is 0.619. The number of carbonyl (C=O) groups is 1. The van der Waals surface area contributed by atoms with Crippen LogP contribution in [0.15, 0.2) is 41.8 Å². The van der Waals surface area contributed by atoms with Gasteiger partial charge in [0.05, 0.1) is 19.3 Å². The zero-order chi connectivity index (χ0) is 20.4. The van der Waals surface area contributed by atoms with Gasteiger partial charge in [0.2, 0.25) is 0 Å². The molecule has 2 heterocycles. The molecular weight excluding hydrogens is 370 g/mol. The zero-order valence-electron chi connectivity index (χ0n) is 17.4. The first-order valence-electron chi connectivity index (χ1n) is 9.71. The number of nitrogens with one attached hydrogen (secondary N) is 2. The van der Waals surface area contributed by atoms with Crippen molar-refractivity contribution in [1.82, 2.24) is 10.2 Å². The van der Waals surface area contributed by atoms with Gasteiger partial charge in [-0.1, -0.05) is 18.2 Å². The summed E-state index contributed by atoms with van der Waals surface area (Å²) in [6.45, 7) is 9.45. The average Bonchev–Trinajstić information content (AvgIpc) is 3.10. The van der Waals surface area contributed by atoms with Gasteiger partial charge >= 0.3 is 6.03 Å². The standard InChI is InChI=1S/C22H31N3O2S/c1-21(2)13-16(14-22(3,4)24-21)25(15-17-9-8-12-28-17)20(26)23-18-10-6-7-11-19(18)27-5/h6-12,16,24H,13-15H2,1-5H3,(H,23,26). The van der Waals surface area contributed by atoms with Crippen LogP contribution in [0.4, 0.5) is 10.5 Å². The Bertz CT molecular complexity index is 786. The molecule has 0 aliphatic carbocycles. The number of hydrogen-bond acceptors (Lipinski definition) is 4. The van der Waals surface area contributed by atoms with Crippen LogP contribution >= 0.6 is 11.3 Å². The van der Waals surface area contributed by atoms with Gasteiger partial charge in [-0.3, -0.25) is 0 Å². The summed E-state index contributed by atoms with van der Waals surface area (Å²) >= 11 is 1.68. The highest BCUT2D eigenvalue weighted by atomic mass is 32.1. The number of hydrogen-bond donors (Lipinski definition) is 2. The maximum atomic E-state index is 13.4. The molecule has 0 radical (unpaired) electrons. The van der Waals surface area contributed by atoms with E-state index in [-0.39, 0.29) is 23.2 Å². The number of rotatable bonds is 5. The first-order valence-corrected chi connectivity index (χ1v) is 10.6. The molecule has 0 unspecified atom stereocenters. The molecule has 1 aromatic carbocycles. The van der Waals surface area contributed by atoms with E-state index < -0.39 is 0 Å². The van der Waals surface area contributed by atoms with E-state index in [0.717, 1.165) is 12.8 Å². The molecule has 1 aromatic heterocycles. The Morgan fingerprint density at radius 2 is 1.86 bits per heavy atom. The van der Waals surface area contributed by atoms with E-state index in [9.17, 15) is 4.79 Å². The second kappa shape index (κ2) is 8.13. The van der Waals surface area contributed by atoms with Crippen LogP contribution in [-0.2, 0) is 6.54 Å². The monoisotopic (exact) mass is 401 g/mol. The van der Waals surface area contributed by atoms with Gasteiger partial charge in [-0.05, 0) is 64.1 Å². The molecule has 0 spiro atoms. The molecule has 2 aromatic rings. The van der Waals surface area contributed by atoms with Gasteiger partial charge in [0.25, 0.3) is 0 Å². The third kappa shape index (κ3) is 5.06. The quantitative estimate of drug-likeness (QED) is 0.733. The highest BCUT2D eigenvalue weighted by Gasteiger charge is 2.41. The number of carbonyl (C=O) groups excluding carboxylic acids is 1.